The van der Waals surface area contributed by atoms with E-state index in [0.717, 1.165) is 0 Å². The Balaban J connectivity index is 0.000000123. The summed E-state index contributed by atoms with van der Waals surface area (Å²) in [7, 11) is 0. The Morgan fingerprint density at radius 1 is 0.436 bits per heavy atom. The fourth-order valence-corrected chi connectivity index (χ4v) is 5.49. The van der Waals surface area contributed by atoms with Gasteiger partial charge in [0, 0.05) is 5.41 Å². The number of hydrogen-bond donors (Lipinski definition) is 0. The molecule has 2 aliphatic heterocycles. The van der Waals surface area contributed by atoms with E-state index in [1.54, 1.807) is 48.5 Å². The SMILES string of the molecule is CCC1(CC)c2ccccc2-c2ccccc21.O=C1OC(=O)c2ccccc21.O=C1OC(=O)c2ccccc21. The van der Waals surface area contributed by atoms with E-state index in [-0.39, 0.29) is 5.41 Å². The van der Waals surface area contributed by atoms with Crippen LogP contribution in [0.2, 0.25) is 0 Å². The Labute approximate surface area is 226 Å². The molecule has 0 spiro atoms. The summed E-state index contributed by atoms with van der Waals surface area (Å²) in [5.74, 6) is -2.20. The second-order valence-electron chi connectivity index (χ2n) is 9.33. The molecule has 4 aromatic rings. The molecule has 0 saturated carbocycles. The van der Waals surface area contributed by atoms with Crippen LogP contribution >= 0.6 is 0 Å². The molecular weight excluding hydrogens is 492 g/mol. The van der Waals surface area contributed by atoms with Gasteiger partial charge in [-0.15, -0.1) is 0 Å². The van der Waals surface area contributed by atoms with E-state index < -0.39 is 23.9 Å². The van der Waals surface area contributed by atoms with Gasteiger partial charge in [0.2, 0.25) is 0 Å². The molecule has 194 valence electrons. The summed E-state index contributed by atoms with van der Waals surface area (Å²) >= 11 is 0. The van der Waals surface area contributed by atoms with Gasteiger partial charge in [0.05, 0.1) is 22.3 Å². The predicted molar refractivity (Wildman–Crippen MR) is 146 cm³/mol. The molecule has 6 nitrogen and oxygen atoms in total. The standard InChI is InChI=1S/C17H18.2C8H4O3/c1-3-17(4-2)15-11-7-5-9-13(15)14-10-6-8-12-16(14)17;2*9-7-5-3-1-2-4-6(5)8(10)11-7/h5-12H,3-4H2,1-2H3;2*1-4H. The highest BCUT2D eigenvalue weighted by Gasteiger charge is 2.39. The lowest BCUT2D eigenvalue weighted by atomic mass is 9.74. The highest BCUT2D eigenvalue weighted by atomic mass is 16.6. The zero-order chi connectivity index (χ0) is 27.6. The van der Waals surface area contributed by atoms with E-state index in [4.69, 9.17) is 0 Å². The molecule has 0 amide bonds. The van der Waals surface area contributed by atoms with Gasteiger partial charge in [0.1, 0.15) is 0 Å². The monoisotopic (exact) mass is 518 g/mol. The molecule has 39 heavy (non-hydrogen) atoms. The first-order valence-electron chi connectivity index (χ1n) is 12.8. The molecule has 0 fully saturated rings. The molecule has 0 atom stereocenters. The van der Waals surface area contributed by atoms with Crippen LogP contribution in [0.25, 0.3) is 11.1 Å². The molecule has 0 aromatic heterocycles. The fourth-order valence-electron chi connectivity index (χ4n) is 5.49. The molecule has 1 aliphatic carbocycles. The number of hydrogen-bond acceptors (Lipinski definition) is 6. The zero-order valence-electron chi connectivity index (χ0n) is 21.6. The van der Waals surface area contributed by atoms with Crippen LogP contribution in [-0.2, 0) is 14.9 Å². The molecule has 0 radical (unpaired) electrons. The van der Waals surface area contributed by atoms with E-state index in [1.165, 1.54) is 35.1 Å². The van der Waals surface area contributed by atoms with Crippen LogP contribution in [0.3, 0.4) is 0 Å². The lowest BCUT2D eigenvalue weighted by molar-refractivity contribution is 0.0425. The van der Waals surface area contributed by atoms with Gasteiger partial charge in [-0.3, -0.25) is 0 Å². The molecule has 2 heterocycles. The minimum Gasteiger partial charge on any atom is -0.386 e. The number of rotatable bonds is 2. The van der Waals surface area contributed by atoms with Crippen molar-refractivity contribution >= 4 is 23.9 Å². The van der Waals surface area contributed by atoms with E-state index in [9.17, 15) is 19.2 Å². The molecule has 0 unspecified atom stereocenters. The molecule has 0 N–H and O–H groups in total. The van der Waals surface area contributed by atoms with E-state index in [0.29, 0.717) is 22.3 Å². The van der Waals surface area contributed by atoms with Crippen molar-refractivity contribution in [3.63, 3.8) is 0 Å². The topological polar surface area (TPSA) is 86.7 Å². The average molecular weight is 519 g/mol. The molecule has 4 aromatic carbocycles. The summed E-state index contributed by atoms with van der Waals surface area (Å²) in [5.41, 5.74) is 7.59. The Hall–Kier alpha value is -4.84. The smallest absolute Gasteiger partial charge is 0.346 e. The molecule has 7 rings (SSSR count). The van der Waals surface area contributed by atoms with Crippen LogP contribution in [-0.4, -0.2) is 23.9 Å². The Bertz CT molecular complexity index is 1430. The summed E-state index contributed by atoms with van der Waals surface area (Å²) in [4.78, 5) is 43.3. The van der Waals surface area contributed by atoms with Crippen molar-refractivity contribution in [3.05, 3.63) is 130 Å². The number of esters is 4. The summed E-state index contributed by atoms with van der Waals surface area (Å²) in [6.45, 7) is 4.62. The summed E-state index contributed by atoms with van der Waals surface area (Å²) < 4.78 is 8.71. The van der Waals surface area contributed by atoms with Crippen LogP contribution in [0, 0.1) is 0 Å². The van der Waals surface area contributed by atoms with Crippen molar-refractivity contribution in [2.24, 2.45) is 0 Å². The minimum absolute atomic E-state index is 0.243. The van der Waals surface area contributed by atoms with Crippen LogP contribution < -0.4 is 0 Å². The van der Waals surface area contributed by atoms with Crippen molar-refractivity contribution in [1.29, 1.82) is 0 Å². The van der Waals surface area contributed by atoms with Crippen molar-refractivity contribution in [2.45, 2.75) is 32.1 Å². The number of benzene rings is 4. The number of fused-ring (bicyclic) bond motifs is 5. The maximum absolute atomic E-state index is 10.8. The van der Waals surface area contributed by atoms with Gasteiger partial charge in [-0.1, -0.05) is 86.6 Å². The van der Waals surface area contributed by atoms with Crippen LogP contribution in [0.4, 0.5) is 0 Å². The Morgan fingerprint density at radius 3 is 0.974 bits per heavy atom. The van der Waals surface area contributed by atoms with Crippen molar-refractivity contribution < 1.29 is 28.7 Å². The summed E-state index contributed by atoms with van der Waals surface area (Å²) in [6.07, 6.45) is 2.36. The largest absolute Gasteiger partial charge is 0.386 e. The third-order valence-corrected chi connectivity index (χ3v) is 7.49. The van der Waals surface area contributed by atoms with Gasteiger partial charge >= 0.3 is 23.9 Å². The number of carbonyl (C=O) groups excluding carboxylic acids is 4. The Morgan fingerprint density at radius 2 is 0.692 bits per heavy atom. The molecule has 0 saturated heterocycles. The molecule has 6 heteroatoms. The van der Waals surface area contributed by atoms with Gasteiger partial charge in [-0.25, -0.2) is 19.2 Å². The lowest BCUT2D eigenvalue weighted by Crippen LogP contribution is -2.22. The highest BCUT2D eigenvalue weighted by Crippen LogP contribution is 2.52. The van der Waals surface area contributed by atoms with Crippen LogP contribution in [0.1, 0.15) is 79.2 Å². The van der Waals surface area contributed by atoms with Gasteiger partial charge < -0.3 is 9.47 Å². The highest BCUT2D eigenvalue weighted by molar-refractivity contribution is 6.15. The maximum Gasteiger partial charge on any atom is 0.346 e. The van der Waals surface area contributed by atoms with Gasteiger partial charge in [-0.2, -0.15) is 0 Å². The van der Waals surface area contributed by atoms with Gasteiger partial charge in [0.15, 0.2) is 0 Å². The first-order valence-corrected chi connectivity index (χ1v) is 12.8. The molecular formula is C33H26O6. The second kappa shape index (κ2) is 10.5. The lowest BCUT2D eigenvalue weighted by Gasteiger charge is -2.29. The minimum atomic E-state index is -0.550. The third kappa shape index (κ3) is 4.44. The number of ether oxygens (including phenoxy) is 2. The van der Waals surface area contributed by atoms with E-state index >= 15 is 0 Å². The van der Waals surface area contributed by atoms with E-state index in [1.807, 2.05) is 0 Å². The van der Waals surface area contributed by atoms with Crippen molar-refractivity contribution in [3.8, 4) is 11.1 Å². The molecule has 0 bridgehead atoms. The summed E-state index contributed by atoms with van der Waals surface area (Å²) in [5, 5.41) is 0. The van der Waals surface area contributed by atoms with Crippen molar-refractivity contribution in [1.82, 2.24) is 0 Å². The first kappa shape index (κ1) is 25.8. The van der Waals surface area contributed by atoms with Crippen molar-refractivity contribution in [2.75, 3.05) is 0 Å². The normalized spacial score (nSPS) is 14.9. The van der Waals surface area contributed by atoms with E-state index in [2.05, 4.69) is 71.9 Å². The fraction of sp³-hybridized carbons (Fsp3) is 0.152. The van der Waals surface area contributed by atoms with Crippen LogP contribution in [0.15, 0.2) is 97.1 Å². The molecule has 3 aliphatic rings. The number of cyclic esters (lactones) is 4. The third-order valence-electron chi connectivity index (χ3n) is 7.49. The quantitative estimate of drug-likeness (QED) is 0.215. The second-order valence-corrected chi connectivity index (χ2v) is 9.33. The van der Waals surface area contributed by atoms with Gasteiger partial charge in [0.25, 0.3) is 0 Å². The zero-order valence-corrected chi connectivity index (χ0v) is 21.6. The number of carbonyl (C=O) groups is 4. The first-order chi connectivity index (χ1) is 18.9. The predicted octanol–water partition coefficient (Wildman–Crippen LogP) is 6.77. The van der Waals surface area contributed by atoms with Crippen LogP contribution in [0.5, 0.6) is 0 Å². The Kier molecular flexibility index (Phi) is 6.94. The summed E-state index contributed by atoms with van der Waals surface area (Å²) in [6, 6.07) is 30.8. The average Bonchev–Trinajstić information content (AvgIpc) is 3.56. The maximum atomic E-state index is 10.8. The van der Waals surface area contributed by atoms with Gasteiger partial charge in [-0.05, 0) is 59.4 Å².